The van der Waals surface area contributed by atoms with E-state index in [1.54, 1.807) is 0 Å². The summed E-state index contributed by atoms with van der Waals surface area (Å²) < 4.78 is 10.4. The Hall–Kier alpha value is -0.450. The van der Waals surface area contributed by atoms with Gasteiger partial charge < -0.3 is 20.2 Å². The molecule has 14 heavy (non-hydrogen) atoms. The first-order valence-electron chi connectivity index (χ1n) is 4.96. The lowest BCUT2D eigenvalue weighted by Crippen LogP contribution is -2.38. The molecule has 84 valence electrons. The van der Waals surface area contributed by atoms with Crippen molar-refractivity contribution >= 4 is 6.21 Å². The molecule has 0 aliphatic rings. The van der Waals surface area contributed by atoms with E-state index >= 15 is 0 Å². The standard InChI is InChI=1S/C10H22N2O2/c1-10(2,3)12-5-7-14-9-8-13-6-4-11/h4,11-12H,5-9H2,1-3H3. The van der Waals surface area contributed by atoms with Crippen molar-refractivity contribution < 1.29 is 9.47 Å². The largest absolute Gasteiger partial charge is 0.378 e. The molecule has 0 saturated carbocycles. The lowest BCUT2D eigenvalue weighted by molar-refractivity contribution is 0.0620. The Morgan fingerprint density at radius 2 is 1.79 bits per heavy atom. The van der Waals surface area contributed by atoms with Crippen LogP contribution in [0.1, 0.15) is 20.8 Å². The van der Waals surface area contributed by atoms with Crippen molar-refractivity contribution in [3.8, 4) is 0 Å². The highest BCUT2D eigenvalue weighted by Gasteiger charge is 2.06. The summed E-state index contributed by atoms with van der Waals surface area (Å²) in [6.45, 7) is 9.47. The van der Waals surface area contributed by atoms with Gasteiger partial charge in [0.2, 0.25) is 0 Å². The fourth-order valence-electron chi connectivity index (χ4n) is 0.860. The second kappa shape index (κ2) is 7.91. The highest BCUT2D eigenvalue weighted by Crippen LogP contribution is 1.96. The Kier molecular flexibility index (Phi) is 7.65. The van der Waals surface area contributed by atoms with E-state index in [0.29, 0.717) is 26.4 Å². The van der Waals surface area contributed by atoms with Crippen LogP contribution in [0.15, 0.2) is 0 Å². The quantitative estimate of drug-likeness (QED) is 0.457. The Balaban J connectivity index is 3.03. The molecule has 0 aromatic heterocycles. The first-order chi connectivity index (χ1) is 6.56. The van der Waals surface area contributed by atoms with Crippen molar-refractivity contribution in [1.82, 2.24) is 5.32 Å². The van der Waals surface area contributed by atoms with Gasteiger partial charge >= 0.3 is 0 Å². The number of ether oxygens (including phenoxy) is 2. The third kappa shape index (κ3) is 11.6. The van der Waals surface area contributed by atoms with E-state index in [9.17, 15) is 0 Å². The lowest BCUT2D eigenvalue weighted by Gasteiger charge is -2.20. The fourth-order valence-corrected chi connectivity index (χ4v) is 0.860. The average molecular weight is 202 g/mol. The van der Waals surface area contributed by atoms with Gasteiger partial charge in [-0.25, -0.2) is 0 Å². The molecular formula is C10H22N2O2. The number of rotatable bonds is 8. The van der Waals surface area contributed by atoms with Gasteiger partial charge in [0.05, 0.1) is 26.4 Å². The predicted molar refractivity (Wildman–Crippen MR) is 58.2 cm³/mol. The van der Waals surface area contributed by atoms with E-state index in [0.717, 1.165) is 6.54 Å². The first kappa shape index (κ1) is 13.5. The minimum Gasteiger partial charge on any atom is -0.378 e. The normalized spacial score (nSPS) is 11.6. The van der Waals surface area contributed by atoms with Gasteiger partial charge in [-0.2, -0.15) is 0 Å². The summed E-state index contributed by atoms with van der Waals surface area (Å²) in [5.41, 5.74) is 0.153. The summed E-state index contributed by atoms with van der Waals surface area (Å²) in [6, 6.07) is 0. The average Bonchev–Trinajstić information content (AvgIpc) is 2.08. The van der Waals surface area contributed by atoms with Gasteiger partial charge in [0, 0.05) is 18.3 Å². The Morgan fingerprint density at radius 3 is 2.36 bits per heavy atom. The molecule has 4 nitrogen and oxygen atoms in total. The van der Waals surface area contributed by atoms with Gasteiger partial charge in [-0.1, -0.05) is 0 Å². The third-order valence-electron chi connectivity index (χ3n) is 1.47. The van der Waals surface area contributed by atoms with Crippen LogP contribution in [0.4, 0.5) is 0 Å². The maximum atomic E-state index is 6.72. The maximum absolute atomic E-state index is 6.72. The van der Waals surface area contributed by atoms with Crippen LogP contribution in [0.5, 0.6) is 0 Å². The van der Waals surface area contributed by atoms with Crippen LogP contribution in [0, 0.1) is 5.41 Å². The molecule has 0 aromatic rings. The van der Waals surface area contributed by atoms with Crippen molar-refractivity contribution in [2.75, 3.05) is 33.0 Å². The molecule has 0 unspecified atom stereocenters. The minimum absolute atomic E-state index is 0.153. The molecule has 0 aliphatic carbocycles. The van der Waals surface area contributed by atoms with E-state index in [-0.39, 0.29) is 5.54 Å². The summed E-state index contributed by atoms with van der Waals surface area (Å²) in [5, 5.41) is 10.0. The van der Waals surface area contributed by atoms with Gasteiger partial charge in [-0.15, -0.1) is 0 Å². The second-order valence-electron chi connectivity index (χ2n) is 4.07. The number of hydrogen-bond acceptors (Lipinski definition) is 4. The summed E-state index contributed by atoms with van der Waals surface area (Å²) in [7, 11) is 0. The van der Waals surface area contributed by atoms with Crippen LogP contribution in [0.2, 0.25) is 0 Å². The smallest absolute Gasteiger partial charge is 0.0812 e. The zero-order valence-electron chi connectivity index (χ0n) is 9.43. The molecule has 4 heteroatoms. The molecule has 0 aliphatic heterocycles. The number of hydrogen-bond donors (Lipinski definition) is 2. The third-order valence-corrected chi connectivity index (χ3v) is 1.47. The molecule has 0 rings (SSSR count). The molecule has 0 radical (unpaired) electrons. The molecule has 0 saturated heterocycles. The molecule has 0 atom stereocenters. The van der Waals surface area contributed by atoms with Crippen LogP contribution < -0.4 is 5.32 Å². The van der Waals surface area contributed by atoms with Gasteiger partial charge in [-0.3, -0.25) is 0 Å². The highest BCUT2D eigenvalue weighted by atomic mass is 16.5. The van der Waals surface area contributed by atoms with Gasteiger partial charge in [0.1, 0.15) is 0 Å². The van der Waals surface area contributed by atoms with Crippen molar-refractivity contribution in [2.24, 2.45) is 0 Å². The Morgan fingerprint density at radius 1 is 1.14 bits per heavy atom. The van der Waals surface area contributed by atoms with Crippen LogP contribution in [0.25, 0.3) is 0 Å². The molecule has 0 amide bonds. The highest BCUT2D eigenvalue weighted by molar-refractivity contribution is 5.53. The predicted octanol–water partition coefficient (Wildman–Crippen LogP) is 1.06. The van der Waals surface area contributed by atoms with Crippen molar-refractivity contribution in [3.05, 3.63) is 0 Å². The molecule has 0 aromatic carbocycles. The van der Waals surface area contributed by atoms with Crippen LogP contribution in [-0.4, -0.2) is 44.7 Å². The van der Waals surface area contributed by atoms with E-state index in [1.165, 1.54) is 6.21 Å². The summed E-state index contributed by atoms with van der Waals surface area (Å²) in [4.78, 5) is 0. The van der Waals surface area contributed by atoms with E-state index < -0.39 is 0 Å². The zero-order valence-corrected chi connectivity index (χ0v) is 9.43. The summed E-state index contributed by atoms with van der Waals surface area (Å²) in [6.07, 6.45) is 1.24. The second-order valence-corrected chi connectivity index (χ2v) is 4.07. The maximum Gasteiger partial charge on any atom is 0.0812 e. The lowest BCUT2D eigenvalue weighted by atomic mass is 10.1. The Bertz CT molecular complexity index is 144. The van der Waals surface area contributed by atoms with Gasteiger partial charge in [0.15, 0.2) is 0 Å². The summed E-state index contributed by atoms with van der Waals surface area (Å²) in [5.74, 6) is 0. The molecular weight excluding hydrogens is 180 g/mol. The van der Waals surface area contributed by atoms with Crippen LogP contribution in [-0.2, 0) is 9.47 Å². The minimum atomic E-state index is 0.153. The molecule has 2 N–H and O–H groups in total. The van der Waals surface area contributed by atoms with Gasteiger partial charge in [-0.05, 0) is 20.8 Å². The Labute approximate surface area is 86.5 Å². The van der Waals surface area contributed by atoms with Crippen molar-refractivity contribution in [3.63, 3.8) is 0 Å². The van der Waals surface area contributed by atoms with E-state index in [1.807, 2.05) is 0 Å². The fraction of sp³-hybridized carbons (Fsp3) is 0.900. The molecule has 0 spiro atoms. The molecule has 0 fully saturated rings. The van der Waals surface area contributed by atoms with Crippen LogP contribution >= 0.6 is 0 Å². The number of nitrogens with one attached hydrogen (secondary N) is 2. The SMILES string of the molecule is CC(C)(C)NCCOCCOCC=N. The van der Waals surface area contributed by atoms with E-state index in [4.69, 9.17) is 14.9 Å². The van der Waals surface area contributed by atoms with Crippen molar-refractivity contribution in [1.29, 1.82) is 5.41 Å². The topological polar surface area (TPSA) is 54.3 Å². The molecule has 0 bridgehead atoms. The van der Waals surface area contributed by atoms with Gasteiger partial charge in [0.25, 0.3) is 0 Å². The van der Waals surface area contributed by atoms with E-state index in [2.05, 4.69) is 26.1 Å². The monoisotopic (exact) mass is 202 g/mol. The van der Waals surface area contributed by atoms with Crippen molar-refractivity contribution in [2.45, 2.75) is 26.3 Å². The molecule has 0 heterocycles. The summed E-state index contributed by atoms with van der Waals surface area (Å²) >= 11 is 0. The van der Waals surface area contributed by atoms with Crippen LogP contribution in [0.3, 0.4) is 0 Å². The first-order valence-corrected chi connectivity index (χ1v) is 4.96. The zero-order chi connectivity index (χ0) is 10.9.